The van der Waals surface area contributed by atoms with E-state index in [1.807, 2.05) is 49.5 Å². The summed E-state index contributed by atoms with van der Waals surface area (Å²) in [6, 6.07) is 9.54. The highest BCUT2D eigenvalue weighted by atomic mass is 32.1. The van der Waals surface area contributed by atoms with Crippen LogP contribution >= 0.6 is 11.3 Å². The molecule has 3 aromatic heterocycles. The minimum atomic E-state index is -1.98. The molecule has 1 aliphatic carbocycles. The zero-order valence-corrected chi connectivity index (χ0v) is 42.4. The number of aliphatic hydroxyl groups excluding tert-OH is 1. The van der Waals surface area contributed by atoms with Gasteiger partial charge >= 0.3 is 0 Å². The van der Waals surface area contributed by atoms with Crippen molar-refractivity contribution < 1.29 is 42.8 Å². The molecule has 0 bridgehead atoms. The van der Waals surface area contributed by atoms with Crippen LogP contribution in [0.1, 0.15) is 56.9 Å². The number of amides is 3. The number of β-amino-alcohol motifs (C(OH)–C–C–N with tert-alkyl or cyclic N) is 1. The van der Waals surface area contributed by atoms with Gasteiger partial charge in [0.1, 0.15) is 35.9 Å². The fraction of sp³-hybridized carbons (Fsp3) is 0.500. The number of aryl methyl sites for hydroxylation is 2. The number of hydrogen-bond acceptors (Lipinski definition) is 14. The van der Waals surface area contributed by atoms with Gasteiger partial charge in [0, 0.05) is 107 Å². The summed E-state index contributed by atoms with van der Waals surface area (Å²) in [6.07, 6.45) is 4.39. The highest BCUT2D eigenvalue weighted by Gasteiger charge is 2.53. The number of carbonyl (C=O) groups is 3. The molecule has 8 rings (SSSR count). The van der Waals surface area contributed by atoms with Gasteiger partial charge in [-0.05, 0) is 60.4 Å². The monoisotopic (exact) mass is 996 g/mol. The SMILES string of the molecule is COc1cc(-c2cn(C)c(=O)c3cnccc23)c(OC)cc1CN1CCN(CCOCCOc2cc(-c3scnc3C)ccc2CNC(=O)C2CC(O)CN2C(=O)C(NC(=O)C2(F)CC2)C(C)(C)C)CC1. The van der Waals surface area contributed by atoms with Crippen LogP contribution in [0, 0.1) is 12.3 Å². The lowest BCUT2D eigenvalue weighted by atomic mass is 9.85. The van der Waals surface area contributed by atoms with Gasteiger partial charge in [-0.2, -0.15) is 0 Å². The maximum atomic E-state index is 14.7. The Morgan fingerprint density at radius 2 is 1.69 bits per heavy atom. The van der Waals surface area contributed by atoms with Gasteiger partial charge in [-0.25, -0.2) is 9.37 Å². The molecule has 3 fully saturated rings. The van der Waals surface area contributed by atoms with E-state index in [0.717, 1.165) is 76.7 Å². The Hall–Kier alpha value is -5.99. The fourth-order valence-electron chi connectivity index (χ4n) is 9.31. The number of thiazole rings is 1. The van der Waals surface area contributed by atoms with Gasteiger partial charge in [0.2, 0.25) is 11.8 Å². The summed E-state index contributed by atoms with van der Waals surface area (Å²) in [4.78, 5) is 69.0. The van der Waals surface area contributed by atoms with Crippen molar-refractivity contribution in [1.29, 1.82) is 0 Å². The molecular formula is C52H65FN8O9S. The van der Waals surface area contributed by atoms with E-state index in [4.69, 9.17) is 18.9 Å². The third kappa shape index (κ3) is 11.7. The van der Waals surface area contributed by atoms with E-state index in [1.54, 1.807) is 64.5 Å². The number of hydrogen-bond donors (Lipinski definition) is 3. The molecule has 3 amide bonds. The van der Waals surface area contributed by atoms with Crippen molar-refractivity contribution in [3.8, 4) is 38.8 Å². The molecule has 380 valence electrons. The zero-order chi connectivity index (χ0) is 50.6. The number of aliphatic hydroxyl groups is 1. The number of piperazine rings is 1. The molecule has 5 heterocycles. The second-order valence-electron chi connectivity index (χ2n) is 19.8. The number of ether oxygens (including phenoxy) is 4. The second-order valence-corrected chi connectivity index (χ2v) is 20.6. The van der Waals surface area contributed by atoms with Crippen LogP contribution in [-0.2, 0) is 39.3 Å². The van der Waals surface area contributed by atoms with Gasteiger partial charge in [0.15, 0.2) is 5.67 Å². The first-order valence-electron chi connectivity index (χ1n) is 24.1. The van der Waals surface area contributed by atoms with Crippen LogP contribution in [0.2, 0.25) is 0 Å². The van der Waals surface area contributed by atoms with Crippen molar-refractivity contribution in [2.24, 2.45) is 12.5 Å². The molecule has 0 spiro atoms. The summed E-state index contributed by atoms with van der Waals surface area (Å²) < 4.78 is 40.4. The number of methoxy groups -OCH3 is 2. The number of nitrogens with one attached hydrogen (secondary N) is 2. The summed E-state index contributed by atoms with van der Waals surface area (Å²) in [7, 11) is 5.05. The standard InChI is InChI=1S/C52H65FN8O9S/c1-32-45(71-31-56-32)33-8-9-34(26-55-47(63)41-24-36(62)29-61(41)49(65)46(51(2,3)4)57-50(66)52(53)11-12-52)43(22-33)70-21-20-69-19-18-59-14-16-60(17-15-59)28-35-23-44(68-7)38(25-42(35)67-6)40-30-58(5)48(64)39-27-54-13-10-37(39)40/h8-10,13,22-23,25,27,30-31,36,41,46,62H,11-12,14-21,24,26,28-29H2,1-7H3,(H,55,63)(H,57,66). The van der Waals surface area contributed by atoms with E-state index < -0.39 is 47.0 Å². The predicted octanol–water partition coefficient (Wildman–Crippen LogP) is 4.87. The largest absolute Gasteiger partial charge is 0.496 e. The van der Waals surface area contributed by atoms with E-state index in [1.165, 1.54) is 16.2 Å². The minimum absolute atomic E-state index is 0.0210. The Labute approximate surface area is 417 Å². The number of pyridine rings is 2. The van der Waals surface area contributed by atoms with Crippen molar-refractivity contribution >= 4 is 39.8 Å². The summed E-state index contributed by atoms with van der Waals surface area (Å²) in [5, 5.41) is 17.5. The third-order valence-corrected chi connectivity index (χ3v) is 14.6. The number of fused-ring (bicyclic) bond motifs is 1. The Bertz CT molecular complexity index is 2800. The van der Waals surface area contributed by atoms with Crippen LogP contribution in [0.4, 0.5) is 4.39 Å². The first-order chi connectivity index (χ1) is 34.0. The summed E-state index contributed by atoms with van der Waals surface area (Å²) in [6.45, 7) is 13.2. The van der Waals surface area contributed by atoms with Gasteiger partial charge in [-0.15, -0.1) is 11.3 Å². The van der Waals surface area contributed by atoms with E-state index in [-0.39, 0.29) is 44.5 Å². The maximum Gasteiger partial charge on any atom is 0.259 e. The van der Waals surface area contributed by atoms with E-state index in [0.29, 0.717) is 42.2 Å². The fourth-order valence-corrected chi connectivity index (χ4v) is 10.1. The number of aromatic nitrogens is 3. The lowest BCUT2D eigenvalue weighted by Crippen LogP contribution is -2.59. The summed E-state index contributed by atoms with van der Waals surface area (Å²) >= 11 is 1.52. The number of nitrogens with zero attached hydrogens (tertiary/aromatic N) is 6. The third-order valence-electron chi connectivity index (χ3n) is 13.7. The average Bonchev–Trinajstić information content (AvgIpc) is 3.76. The van der Waals surface area contributed by atoms with Crippen molar-refractivity contribution in [3.05, 3.63) is 87.7 Å². The van der Waals surface area contributed by atoms with E-state index in [9.17, 15) is 28.7 Å². The Kier molecular flexibility index (Phi) is 15.8. The highest BCUT2D eigenvalue weighted by molar-refractivity contribution is 7.13. The quantitative estimate of drug-likeness (QED) is 0.0952. The zero-order valence-electron chi connectivity index (χ0n) is 41.6. The van der Waals surface area contributed by atoms with Crippen LogP contribution in [0.25, 0.3) is 32.3 Å². The molecular weight excluding hydrogens is 932 g/mol. The molecule has 2 aromatic carbocycles. The molecule has 19 heteroatoms. The van der Waals surface area contributed by atoms with Crippen molar-refractivity contribution in [1.82, 2.24) is 39.9 Å². The molecule has 2 aliphatic heterocycles. The molecule has 5 aromatic rings. The smallest absolute Gasteiger partial charge is 0.259 e. The van der Waals surface area contributed by atoms with Gasteiger partial charge < -0.3 is 44.2 Å². The number of halogens is 1. The van der Waals surface area contributed by atoms with Crippen LogP contribution in [-0.4, -0.2) is 149 Å². The molecule has 0 radical (unpaired) electrons. The van der Waals surface area contributed by atoms with Crippen molar-refractivity contribution in [2.45, 2.75) is 83.9 Å². The highest BCUT2D eigenvalue weighted by Crippen LogP contribution is 2.41. The average molecular weight is 997 g/mol. The molecule has 3 aliphatic rings. The molecule has 2 saturated heterocycles. The normalized spacial score (nSPS) is 18.6. The van der Waals surface area contributed by atoms with Crippen molar-refractivity contribution in [2.75, 3.05) is 73.3 Å². The summed E-state index contributed by atoms with van der Waals surface area (Å²) in [5.41, 5.74) is 4.11. The Morgan fingerprint density at radius 1 is 0.944 bits per heavy atom. The summed E-state index contributed by atoms with van der Waals surface area (Å²) in [5.74, 6) is 0.153. The number of benzene rings is 2. The lowest BCUT2D eigenvalue weighted by Gasteiger charge is -2.35. The number of alkyl halides is 1. The molecule has 71 heavy (non-hydrogen) atoms. The first kappa shape index (κ1) is 51.4. The van der Waals surface area contributed by atoms with Gasteiger partial charge in [-0.3, -0.25) is 34.0 Å². The number of carbonyl (C=O) groups excluding carboxylic acids is 3. The number of likely N-dealkylation sites (tertiary alicyclic amines) is 1. The van der Waals surface area contributed by atoms with Crippen LogP contribution < -0.4 is 30.4 Å². The topological polar surface area (TPSA) is 190 Å². The van der Waals surface area contributed by atoms with Gasteiger partial charge in [-0.1, -0.05) is 32.9 Å². The molecule has 3 N–H and O–H groups in total. The van der Waals surface area contributed by atoms with Crippen LogP contribution in [0.15, 0.2) is 65.3 Å². The van der Waals surface area contributed by atoms with Crippen molar-refractivity contribution in [3.63, 3.8) is 0 Å². The van der Waals surface area contributed by atoms with Gasteiger partial charge in [0.05, 0.1) is 55.0 Å². The van der Waals surface area contributed by atoms with E-state index >= 15 is 0 Å². The van der Waals surface area contributed by atoms with E-state index in [2.05, 4.69) is 30.4 Å². The maximum absolute atomic E-state index is 14.7. The number of rotatable bonds is 19. The molecule has 1 saturated carbocycles. The predicted molar refractivity (Wildman–Crippen MR) is 268 cm³/mol. The second kappa shape index (κ2) is 21.8. The first-order valence-corrected chi connectivity index (χ1v) is 25.0. The lowest BCUT2D eigenvalue weighted by molar-refractivity contribution is -0.145. The minimum Gasteiger partial charge on any atom is -0.496 e. The Morgan fingerprint density at radius 3 is 2.38 bits per heavy atom. The molecule has 3 unspecified atom stereocenters. The van der Waals surface area contributed by atoms with Gasteiger partial charge in [0.25, 0.3) is 11.5 Å². The Balaban J connectivity index is 0.833. The van der Waals surface area contributed by atoms with Crippen LogP contribution in [0.3, 0.4) is 0 Å². The van der Waals surface area contributed by atoms with Crippen LogP contribution in [0.5, 0.6) is 17.2 Å². The molecule has 17 nitrogen and oxygen atoms in total. The molecule has 3 atom stereocenters.